The van der Waals surface area contributed by atoms with Crippen LogP contribution in [0.25, 0.3) is 0 Å². The van der Waals surface area contributed by atoms with Crippen molar-refractivity contribution in [1.29, 1.82) is 0 Å². The first-order valence-corrected chi connectivity index (χ1v) is 5.91. The van der Waals surface area contributed by atoms with Gasteiger partial charge in [-0.3, -0.25) is 0 Å². The zero-order chi connectivity index (χ0) is 13.8. The van der Waals surface area contributed by atoms with Crippen molar-refractivity contribution in [2.45, 2.75) is 12.3 Å². The molecule has 1 rings (SSSR count). The van der Waals surface area contributed by atoms with Gasteiger partial charge in [-0.05, 0) is 18.2 Å². The van der Waals surface area contributed by atoms with Crippen LogP contribution in [0.4, 0.5) is 18.9 Å². The molecule has 0 radical (unpaired) electrons. The van der Waals surface area contributed by atoms with Crippen molar-refractivity contribution in [3.8, 4) is 0 Å². The molecule has 7 heteroatoms. The lowest BCUT2D eigenvalue weighted by Crippen LogP contribution is -2.25. The van der Waals surface area contributed by atoms with Crippen molar-refractivity contribution in [3.05, 3.63) is 28.2 Å². The Morgan fingerprint density at radius 2 is 2.11 bits per heavy atom. The molecule has 0 amide bonds. The molecule has 1 unspecified atom stereocenters. The first-order chi connectivity index (χ1) is 8.34. The minimum atomic E-state index is -4.45. The van der Waals surface area contributed by atoms with E-state index in [0.29, 0.717) is 4.47 Å². The molecule has 1 aromatic carbocycles. The highest BCUT2D eigenvalue weighted by Gasteiger charge is 2.33. The van der Waals surface area contributed by atoms with Crippen molar-refractivity contribution in [2.24, 2.45) is 0 Å². The van der Waals surface area contributed by atoms with E-state index in [9.17, 15) is 18.3 Å². The molecule has 2 N–H and O–H groups in total. The lowest BCUT2D eigenvalue weighted by atomic mass is 10.1. The number of hydrogen-bond acceptors (Lipinski definition) is 3. The Labute approximate surface area is 111 Å². The van der Waals surface area contributed by atoms with Crippen LogP contribution in [0.15, 0.2) is 22.7 Å². The van der Waals surface area contributed by atoms with E-state index in [1.807, 2.05) is 0 Å². The molecule has 0 aliphatic rings. The van der Waals surface area contributed by atoms with Crippen LogP contribution in [0.2, 0.25) is 0 Å². The van der Waals surface area contributed by atoms with Gasteiger partial charge in [0, 0.05) is 23.8 Å². The molecule has 0 saturated carbocycles. The van der Waals surface area contributed by atoms with Gasteiger partial charge in [0.2, 0.25) is 0 Å². The summed E-state index contributed by atoms with van der Waals surface area (Å²) in [6, 6.07) is 3.80. The Kier molecular flexibility index (Phi) is 5.43. The number of methoxy groups -OCH3 is 1. The summed E-state index contributed by atoms with van der Waals surface area (Å²) >= 11 is 3.00. The maximum absolute atomic E-state index is 12.8. The molecule has 0 bridgehead atoms. The van der Waals surface area contributed by atoms with Crippen molar-refractivity contribution in [3.63, 3.8) is 0 Å². The lowest BCUT2D eigenvalue weighted by Gasteiger charge is -2.17. The number of aliphatic hydroxyl groups is 1. The van der Waals surface area contributed by atoms with E-state index in [1.165, 1.54) is 19.2 Å². The largest absolute Gasteiger partial charge is 0.418 e. The molecule has 0 aliphatic carbocycles. The Morgan fingerprint density at radius 1 is 1.44 bits per heavy atom. The number of anilines is 1. The second-order valence-corrected chi connectivity index (χ2v) is 4.59. The van der Waals surface area contributed by atoms with Crippen LogP contribution in [0.1, 0.15) is 5.56 Å². The first kappa shape index (κ1) is 15.3. The van der Waals surface area contributed by atoms with Gasteiger partial charge in [-0.1, -0.05) is 15.9 Å². The van der Waals surface area contributed by atoms with E-state index in [4.69, 9.17) is 0 Å². The molecule has 0 aliphatic heterocycles. The summed E-state index contributed by atoms with van der Waals surface area (Å²) in [7, 11) is 1.41. The molecule has 0 spiro atoms. The number of hydrogen-bond donors (Lipinski definition) is 2. The Morgan fingerprint density at radius 3 is 2.67 bits per heavy atom. The van der Waals surface area contributed by atoms with Gasteiger partial charge in [-0.2, -0.15) is 13.2 Å². The fraction of sp³-hybridized carbons (Fsp3) is 0.455. The standard InChI is InChI=1S/C11H13BrF3NO2/c1-18-6-8(17)5-16-10-3-2-7(12)4-9(10)11(13,14)15/h2-4,8,16-17H,5-6H2,1H3. The number of benzene rings is 1. The topological polar surface area (TPSA) is 41.5 Å². The SMILES string of the molecule is COCC(O)CNc1ccc(Br)cc1C(F)(F)F. The minimum absolute atomic E-state index is 0.0153. The molecular weight excluding hydrogens is 315 g/mol. The van der Waals surface area contributed by atoms with Crippen LogP contribution in [-0.2, 0) is 10.9 Å². The summed E-state index contributed by atoms with van der Waals surface area (Å²) in [6.45, 7) is 0.0451. The molecule has 0 aromatic heterocycles. The maximum Gasteiger partial charge on any atom is 0.418 e. The number of halogens is 4. The first-order valence-electron chi connectivity index (χ1n) is 5.12. The fourth-order valence-electron chi connectivity index (χ4n) is 1.38. The summed E-state index contributed by atoms with van der Waals surface area (Å²) < 4.78 is 43.3. The van der Waals surface area contributed by atoms with Gasteiger partial charge < -0.3 is 15.2 Å². The van der Waals surface area contributed by atoms with Gasteiger partial charge in [-0.25, -0.2) is 0 Å². The van der Waals surface area contributed by atoms with Crippen LogP contribution < -0.4 is 5.32 Å². The molecule has 102 valence electrons. The third-order valence-corrected chi connectivity index (χ3v) is 2.67. The fourth-order valence-corrected chi connectivity index (χ4v) is 1.75. The molecule has 3 nitrogen and oxygen atoms in total. The van der Waals surface area contributed by atoms with Gasteiger partial charge >= 0.3 is 6.18 Å². The molecule has 1 atom stereocenters. The second kappa shape index (κ2) is 6.40. The molecule has 18 heavy (non-hydrogen) atoms. The van der Waals surface area contributed by atoms with E-state index < -0.39 is 17.8 Å². The van der Waals surface area contributed by atoms with Crippen molar-refractivity contribution in [1.82, 2.24) is 0 Å². The molecule has 1 aromatic rings. The van der Waals surface area contributed by atoms with Gasteiger partial charge in [0.15, 0.2) is 0 Å². The lowest BCUT2D eigenvalue weighted by molar-refractivity contribution is -0.137. The summed E-state index contributed by atoms with van der Waals surface area (Å²) in [4.78, 5) is 0. The normalized spacial score (nSPS) is 13.4. The molecular formula is C11H13BrF3NO2. The minimum Gasteiger partial charge on any atom is -0.389 e. The number of ether oxygens (including phenoxy) is 1. The van der Waals surface area contributed by atoms with Crippen LogP contribution in [0, 0.1) is 0 Å². The van der Waals surface area contributed by atoms with Crippen molar-refractivity contribution >= 4 is 21.6 Å². The molecule has 0 fully saturated rings. The second-order valence-electron chi connectivity index (χ2n) is 3.68. The van der Waals surface area contributed by atoms with E-state index >= 15 is 0 Å². The highest BCUT2D eigenvalue weighted by atomic mass is 79.9. The zero-order valence-electron chi connectivity index (χ0n) is 9.59. The van der Waals surface area contributed by atoms with Crippen LogP contribution in [0.5, 0.6) is 0 Å². The summed E-state index contributed by atoms with van der Waals surface area (Å²) in [5, 5.41) is 11.9. The van der Waals surface area contributed by atoms with Crippen LogP contribution >= 0.6 is 15.9 Å². The predicted octanol–water partition coefficient (Wildman–Crippen LogP) is 2.89. The van der Waals surface area contributed by atoms with E-state index in [1.54, 1.807) is 0 Å². The van der Waals surface area contributed by atoms with E-state index in [-0.39, 0.29) is 18.8 Å². The summed E-state index contributed by atoms with van der Waals surface area (Å²) in [5.41, 5.74) is -0.845. The zero-order valence-corrected chi connectivity index (χ0v) is 11.2. The number of nitrogens with one attached hydrogen (secondary N) is 1. The Hall–Kier alpha value is -0.790. The number of rotatable bonds is 5. The van der Waals surface area contributed by atoms with Gasteiger partial charge in [0.1, 0.15) is 0 Å². The number of alkyl halides is 3. The van der Waals surface area contributed by atoms with Crippen molar-refractivity contribution in [2.75, 3.05) is 25.6 Å². The Bertz CT molecular complexity index is 398. The van der Waals surface area contributed by atoms with Gasteiger partial charge in [-0.15, -0.1) is 0 Å². The summed E-state index contributed by atoms with van der Waals surface area (Å²) in [6.07, 6.45) is -5.31. The quantitative estimate of drug-likeness (QED) is 0.873. The highest BCUT2D eigenvalue weighted by Crippen LogP contribution is 2.36. The smallest absolute Gasteiger partial charge is 0.389 e. The average molecular weight is 328 g/mol. The predicted molar refractivity (Wildman–Crippen MR) is 65.5 cm³/mol. The highest BCUT2D eigenvalue weighted by molar-refractivity contribution is 9.10. The number of aliphatic hydroxyl groups excluding tert-OH is 1. The molecule has 0 heterocycles. The average Bonchev–Trinajstić information content (AvgIpc) is 2.26. The summed E-state index contributed by atoms with van der Waals surface area (Å²) in [5.74, 6) is 0. The maximum atomic E-state index is 12.8. The van der Waals surface area contributed by atoms with Crippen LogP contribution in [-0.4, -0.2) is 31.5 Å². The monoisotopic (exact) mass is 327 g/mol. The van der Waals surface area contributed by atoms with Gasteiger partial charge in [0.25, 0.3) is 0 Å². The van der Waals surface area contributed by atoms with E-state index in [0.717, 1.165) is 6.07 Å². The van der Waals surface area contributed by atoms with Gasteiger partial charge in [0.05, 0.1) is 18.3 Å². The molecule has 0 saturated heterocycles. The van der Waals surface area contributed by atoms with Crippen LogP contribution in [0.3, 0.4) is 0 Å². The van der Waals surface area contributed by atoms with E-state index in [2.05, 4.69) is 26.0 Å². The third-order valence-electron chi connectivity index (χ3n) is 2.17. The third kappa shape index (κ3) is 4.47. The van der Waals surface area contributed by atoms with Crippen molar-refractivity contribution < 1.29 is 23.0 Å². The Balaban J connectivity index is 2.82.